The van der Waals surface area contributed by atoms with Crippen LogP contribution in [0, 0.1) is 0 Å². The van der Waals surface area contributed by atoms with Gasteiger partial charge in [-0.05, 0) is 23.6 Å². The molecular formula is C22H19N3O4. The summed E-state index contributed by atoms with van der Waals surface area (Å²) in [5.41, 5.74) is 0.768. The second kappa shape index (κ2) is 8.43. The zero-order valence-corrected chi connectivity index (χ0v) is 15.8. The van der Waals surface area contributed by atoms with Crippen molar-refractivity contribution in [1.82, 2.24) is 15.5 Å². The van der Waals surface area contributed by atoms with E-state index >= 15 is 0 Å². The summed E-state index contributed by atoms with van der Waals surface area (Å²) >= 11 is 0. The summed E-state index contributed by atoms with van der Waals surface area (Å²) in [4.78, 5) is 16.4. The Bertz CT molecular complexity index is 1130. The summed E-state index contributed by atoms with van der Waals surface area (Å²) in [5.74, 6) is 1.82. The lowest BCUT2D eigenvalue weighted by atomic mass is 10.1. The minimum atomic E-state index is -0.279. The second-order valence-corrected chi connectivity index (χ2v) is 6.29. The van der Waals surface area contributed by atoms with E-state index in [9.17, 15) is 4.79 Å². The summed E-state index contributed by atoms with van der Waals surface area (Å²) < 4.78 is 16.1. The normalized spacial score (nSPS) is 10.7. The number of amides is 1. The van der Waals surface area contributed by atoms with Crippen molar-refractivity contribution < 1.29 is 18.8 Å². The van der Waals surface area contributed by atoms with Gasteiger partial charge < -0.3 is 19.3 Å². The maximum Gasteiger partial charge on any atom is 0.258 e. The molecule has 146 valence electrons. The SMILES string of the molecule is COc1cccc(-c2noc(CNC(=O)COc3cccc4ccccc34)n2)c1. The van der Waals surface area contributed by atoms with Gasteiger partial charge in [0.1, 0.15) is 11.5 Å². The maximum absolute atomic E-state index is 12.1. The van der Waals surface area contributed by atoms with Crippen LogP contribution in [0.3, 0.4) is 0 Å². The van der Waals surface area contributed by atoms with Crippen molar-refractivity contribution in [3.05, 3.63) is 72.6 Å². The van der Waals surface area contributed by atoms with Gasteiger partial charge in [0, 0.05) is 10.9 Å². The minimum Gasteiger partial charge on any atom is -0.497 e. The largest absolute Gasteiger partial charge is 0.497 e. The zero-order chi connectivity index (χ0) is 20.1. The Morgan fingerprint density at radius 1 is 1.07 bits per heavy atom. The standard InChI is InChI=1S/C22H19N3O4/c1-27-17-9-4-8-16(12-17)22-24-21(29-25-22)13-23-20(26)14-28-19-11-5-7-15-6-2-3-10-18(15)19/h2-12H,13-14H2,1H3,(H,23,26). The molecule has 0 bridgehead atoms. The van der Waals surface area contributed by atoms with Gasteiger partial charge in [-0.2, -0.15) is 4.98 Å². The van der Waals surface area contributed by atoms with Crippen molar-refractivity contribution in [1.29, 1.82) is 0 Å². The predicted octanol–water partition coefficient (Wildman–Crippen LogP) is 3.59. The summed E-state index contributed by atoms with van der Waals surface area (Å²) in [5, 5.41) is 8.68. The lowest BCUT2D eigenvalue weighted by Gasteiger charge is -2.09. The first kappa shape index (κ1) is 18.5. The second-order valence-electron chi connectivity index (χ2n) is 6.29. The lowest BCUT2D eigenvalue weighted by Crippen LogP contribution is -2.28. The van der Waals surface area contributed by atoms with Gasteiger partial charge in [-0.3, -0.25) is 4.79 Å². The first-order chi connectivity index (χ1) is 14.2. The van der Waals surface area contributed by atoms with Crippen molar-refractivity contribution >= 4 is 16.7 Å². The van der Waals surface area contributed by atoms with Crippen LogP contribution in [0.4, 0.5) is 0 Å². The highest BCUT2D eigenvalue weighted by atomic mass is 16.5. The number of carbonyl (C=O) groups is 1. The summed E-state index contributed by atoms with van der Waals surface area (Å²) in [7, 11) is 1.59. The first-order valence-corrected chi connectivity index (χ1v) is 9.07. The minimum absolute atomic E-state index is 0.106. The molecule has 29 heavy (non-hydrogen) atoms. The highest BCUT2D eigenvalue weighted by molar-refractivity contribution is 5.88. The van der Waals surface area contributed by atoms with E-state index in [4.69, 9.17) is 14.0 Å². The van der Waals surface area contributed by atoms with Crippen molar-refractivity contribution in [2.24, 2.45) is 0 Å². The molecule has 7 nitrogen and oxygen atoms in total. The van der Waals surface area contributed by atoms with Gasteiger partial charge in [0.25, 0.3) is 5.91 Å². The van der Waals surface area contributed by atoms with Crippen molar-refractivity contribution in [2.75, 3.05) is 13.7 Å². The highest BCUT2D eigenvalue weighted by Crippen LogP contribution is 2.25. The van der Waals surface area contributed by atoms with Gasteiger partial charge in [-0.1, -0.05) is 53.7 Å². The van der Waals surface area contributed by atoms with Crippen LogP contribution < -0.4 is 14.8 Å². The maximum atomic E-state index is 12.1. The number of hydrogen-bond donors (Lipinski definition) is 1. The number of rotatable bonds is 7. The average Bonchev–Trinajstić information content (AvgIpc) is 3.25. The fourth-order valence-corrected chi connectivity index (χ4v) is 2.90. The fourth-order valence-electron chi connectivity index (χ4n) is 2.90. The molecule has 4 rings (SSSR count). The highest BCUT2D eigenvalue weighted by Gasteiger charge is 2.11. The number of carbonyl (C=O) groups excluding carboxylic acids is 1. The third kappa shape index (κ3) is 4.35. The van der Waals surface area contributed by atoms with Crippen LogP contribution in [0.2, 0.25) is 0 Å². The van der Waals surface area contributed by atoms with Crippen molar-refractivity contribution in [2.45, 2.75) is 6.54 Å². The molecule has 0 saturated carbocycles. The Labute approximate surface area is 167 Å². The quantitative estimate of drug-likeness (QED) is 0.520. The fraction of sp³-hybridized carbons (Fsp3) is 0.136. The molecule has 0 spiro atoms. The Kier molecular flexibility index (Phi) is 5.38. The van der Waals surface area contributed by atoms with Crippen molar-refractivity contribution in [3.8, 4) is 22.9 Å². The molecule has 3 aromatic carbocycles. The third-order valence-electron chi connectivity index (χ3n) is 4.34. The average molecular weight is 389 g/mol. The molecule has 4 aromatic rings. The van der Waals surface area contributed by atoms with Crippen molar-refractivity contribution in [3.63, 3.8) is 0 Å². The third-order valence-corrected chi connectivity index (χ3v) is 4.34. The van der Waals surface area contributed by atoms with Gasteiger partial charge in [-0.25, -0.2) is 0 Å². The number of nitrogens with zero attached hydrogens (tertiary/aromatic N) is 2. The summed E-state index contributed by atoms with van der Waals surface area (Å²) in [6.07, 6.45) is 0. The van der Waals surface area contributed by atoms with Crippen LogP contribution >= 0.6 is 0 Å². The molecule has 1 amide bonds. The molecule has 0 radical (unpaired) electrons. The summed E-state index contributed by atoms with van der Waals surface area (Å²) in [6, 6.07) is 20.9. The number of aromatic nitrogens is 2. The lowest BCUT2D eigenvalue weighted by molar-refractivity contribution is -0.123. The number of ether oxygens (including phenoxy) is 2. The Morgan fingerprint density at radius 3 is 2.79 bits per heavy atom. The smallest absolute Gasteiger partial charge is 0.258 e. The van der Waals surface area contributed by atoms with E-state index < -0.39 is 0 Å². The van der Waals surface area contributed by atoms with E-state index in [1.807, 2.05) is 66.7 Å². The summed E-state index contributed by atoms with van der Waals surface area (Å²) in [6.45, 7) is 0.0135. The molecule has 0 aliphatic carbocycles. The van der Waals surface area contributed by atoms with Gasteiger partial charge in [0.05, 0.1) is 13.7 Å². The van der Waals surface area contributed by atoms with E-state index in [-0.39, 0.29) is 19.1 Å². The molecule has 1 heterocycles. The Morgan fingerprint density at radius 2 is 1.90 bits per heavy atom. The van der Waals surface area contributed by atoms with E-state index in [1.54, 1.807) is 7.11 Å². The van der Waals surface area contributed by atoms with Crippen LogP contribution in [0.25, 0.3) is 22.2 Å². The van der Waals surface area contributed by atoms with Gasteiger partial charge in [0.2, 0.25) is 11.7 Å². The molecule has 0 saturated heterocycles. The van der Waals surface area contributed by atoms with E-state index in [0.717, 1.165) is 16.3 Å². The monoisotopic (exact) mass is 389 g/mol. The molecule has 1 aromatic heterocycles. The molecule has 0 fully saturated rings. The Balaban J connectivity index is 1.33. The molecule has 0 atom stereocenters. The van der Waals surface area contributed by atoms with Crippen LogP contribution in [0.5, 0.6) is 11.5 Å². The van der Waals surface area contributed by atoms with Crippen LogP contribution in [0.1, 0.15) is 5.89 Å². The van der Waals surface area contributed by atoms with E-state index in [1.165, 1.54) is 0 Å². The number of fused-ring (bicyclic) bond motifs is 1. The number of benzene rings is 3. The van der Waals surface area contributed by atoms with Gasteiger partial charge >= 0.3 is 0 Å². The number of nitrogens with one attached hydrogen (secondary N) is 1. The van der Waals surface area contributed by atoms with Gasteiger partial charge in [-0.15, -0.1) is 0 Å². The first-order valence-electron chi connectivity index (χ1n) is 9.07. The van der Waals surface area contributed by atoms with E-state index in [2.05, 4.69) is 15.5 Å². The zero-order valence-electron chi connectivity index (χ0n) is 15.8. The van der Waals surface area contributed by atoms with E-state index in [0.29, 0.717) is 23.2 Å². The van der Waals surface area contributed by atoms with Crippen LogP contribution in [0.15, 0.2) is 71.3 Å². The van der Waals surface area contributed by atoms with Gasteiger partial charge in [0.15, 0.2) is 6.61 Å². The number of hydrogen-bond acceptors (Lipinski definition) is 6. The molecule has 0 unspecified atom stereocenters. The van der Waals surface area contributed by atoms with Crippen LogP contribution in [-0.4, -0.2) is 29.8 Å². The molecule has 1 N–H and O–H groups in total. The molecule has 0 aliphatic heterocycles. The topological polar surface area (TPSA) is 86.5 Å². The number of methoxy groups -OCH3 is 1. The Hall–Kier alpha value is -3.87. The predicted molar refractivity (Wildman–Crippen MR) is 108 cm³/mol. The molecular weight excluding hydrogens is 370 g/mol. The molecule has 0 aliphatic rings. The van der Waals surface area contributed by atoms with Crippen LogP contribution in [-0.2, 0) is 11.3 Å². The molecule has 7 heteroatoms.